The summed E-state index contributed by atoms with van der Waals surface area (Å²) >= 11 is 1.71. The molecule has 3 heterocycles. The number of nitrogens with one attached hydrogen (secondary N) is 1. The highest BCUT2D eigenvalue weighted by Crippen LogP contribution is 2.37. The quantitative estimate of drug-likeness (QED) is 0.857. The first-order valence-corrected chi connectivity index (χ1v) is 9.90. The van der Waals surface area contributed by atoms with Crippen LogP contribution in [0.1, 0.15) is 23.3 Å². The highest BCUT2D eigenvalue weighted by atomic mass is 32.1. The highest BCUT2D eigenvalue weighted by molar-refractivity contribution is 7.09. The number of benzene rings is 1. The Bertz CT molecular complexity index is 696. The molecule has 2 fully saturated rings. The van der Waals surface area contributed by atoms with E-state index in [0.29, 0.717) is 12.0 Å². The van der Waals surface area contributed by atoms with E-state index in [1.165, 1.54) is 49.5 Å². The van der Waals surface area contributed by atoms with E-state index in [-0.39, 0.29) is 0 Å². The van der Waals surface area contributed by atoms with Gasteiger partial charge in [-0.05, 0) is 60.5 Å². The van der Waals surface area contributed by atoms with Crippen molar-refractivity contribution in [1.29, 1.82) is 0 Å². The van der Waals surface area contributed by atoms with Gasteiger partial charge in [-0.2, -0.15) is 0 Å². The Morgan fingerprint density at radius 3 is 2.96 bits per heavy atom. The minimum atomic E-state index is 0.522. The Morgan fingerprint density at radius 2 is 2.20 bits per heavy atom. The molecule has 0 amide bonds. The van der Waals surface area contributed by atoms with Crippen LogP contribution in [0.15, 0.2) is 35.7 Å². The molecule has 1 aromatic carbocycles. The third-order valence-corrected chi connectivity index (χ3v) is 6.28. The number of rotatable bonds is 6. The van der Waals surface area contributed by atoms with E-state index < -0.39 is 0 Å². The summed E-state index contributed by atoms with van der Waals surface area (Å²) in [5.74, 6) is 1.64. The second kappa shape index (κ2) is 7.36. The largest absolute Gasteiger partial charge is 0.493 e. The monoisotopic (exact) mass is 358 g/mol. The topological polar surface area (TPSA) is 33.7 Å². The van der Waals surface area contributed by atoms with Gasteiger partial charge in [-0.25, -0.2) is 0 Å². The molecule has 2 aliphatic rings. The van der Waals surface area contributed by atoms with Crippen molar-refractivity contribution < 1.29 is 9.47 Å². The van der Waals surface area contributed by atoms with Crippen LogP contribution < -0.4 is 14.8 Å². The number of likely N-dealkylation sites (tertiary alicyclic amines) is 1. The van der Waals surface area contributed by atoms with Crippen LogP contribution in [-0.4, -0.2) is 38.2 Å². The van der Waals surface area contributed by atoms with Crippen molar-refractivity contribution in [2.24, 2.45) is 5.41 Å². The number of ether oxygens (including phenoxy) is 2. The molecule has 5 heteroatoms. The second-order valence-corrected chi connectivity index (χ2v) is 8.27. The van der Waals surface area contributed by atoms with Gasteiger partial charge >= 0.3 is 0 Å². The third kappa shape index (κ3) is 3.84. The van der Waals surface area contributed by atoms with Crippen LogP contribution in [0.2, 0.25) is 0 Å². The summed E-state index contributed by atoms with van der Waals surface area (Å²) in [6.07, 6.45) is 2.64. The Hall–Kier alpha value is -1.56. The molecule has 2 aliphatic heterocycles. The first-order chi connectivity index (χ1) is 12.3. The van der Waals surface area contributed by atoms with Crippen LogP contribution >= 0.6 is 11.3 Å². The van der Waals surface area contributed by atoms with E-state index in [0.717, 1.165) is 18.0 Å². The van der Waals surface area contributed by atoms with Gasteiger partial charge < -0.3 is 14.8 Å². The van der Waals surface area contributed by atoms with E-state index in [4.69, 9.17) is 9.47 Å². The zero-order chi connectivity index (χ0) is 17.1. The molecule has 0 saturated carbocycles. The lowest BCUT2D eigenvalue weighted by atomic mass is 9.86. The van der Waals surface area contributed by atoms with Crippen LogP contribution in [0.5, 0.6) is 11.5 Å². The molecule has 1 spiro atoms. The van der Waals surface area contributed by atoms with E-state index in [1.807, 2.05) is 12.1 Å². The van der Waals surface area contributed by atoms with Crippen molar-refractivity contribution >= 4 is 11.3 Å². The molecule has 0 radical (unpaired) electrons. The predicted molar refractivity (Wildman–Crippen MR) is 101 cm³/mol. The van der Waals surface area contributed by atoms with Crippen LogP contribution in [-0.2, 0) is 13.2 Å². The van der Waals surface area contributed by atoms with Gasteiger partial charge in [0.1, 0.15) is 6.61 Å². The Labute approximate surface area is 153 Å². The van der Waals surface area contributed by atoms with Crippen molar-refractivity contribution in [3.63, 3.8) is 0 Å². The summed E-state index contributed by atoms with van der Waals surface area (Å²) in [5, 5.41) is 5.60. The summed E-state index contributed by atoms with van der Waals surface area (Å²) in [7, 11) is 1.71. The van der Waals surface area contributed by atoms with Crippen molar-refractivity contribution in [3.05, 3.63) is 46.2 Å². The fourth-order valence-electron chi connectivity index (χ4n) is 4.04. The second-order valence-electron chi connectivity index (χ2n) is 7.24. The molecule has 134 valence electrons. The number of methoxy groups -OCH3 is 1. The number of hydrogen-bond donors (Lipinski definition) is 1. The first-order valence-electron chi connectivity index (χ1n) is 9.02. The lowest BCUT2D eigenvalue weighted by Gasteiger charge is -2.23. The molecule has 0 bridgehead atoms. The van der Waals surface area contributed by atoms with Gasteiger partial charge in [-0.3, -0.25) is 4.90 Å². The van der Waals surface area contributed by atoms with Crippen molar-refractivity contribution in [2.75, 3.05) is 33.3 Å². The smallest absolute Gasteiger partial charge is 0.161 e. The first kappa shape index (κ1) is 16.9. The highest BCUT2D eigenvalue weighted by Gasteiger charge is 2.40. The average Bonchev–Trinajstić information content (AvgIpc) is 3.38. The normalized spacial score (nSPS) is 23.4. The van der Waals surface area contributed by atoms with Gasteiger partial charge in [0, 0.05) is 24.5 Å². The molecule has 1 aromatic heterocycles. The fraction of sp³-hybridized carbons (Fsp3) is 0.500. The lowest BCUT2D eigenvalue weighted by molar-refractivity contribution is 0.267. The molecule has 4 rings (SSSR count). The summed E-state index contributed by atoms with van der Waals surface area (Å²) in [4.78, 5) is 3.80. The van der Waals surface area contributed by atoms with E-state index in [1.54, 1.807) is 18.4 Å². The van der Waals surface area contributed by atoms with Gasteiger partial charge in [0.05, 0.1) is 7.11 Å². The van der Waals surface area contributed by atoms with Crippen LogP contribution in [0.3, 0.4) is 0 Å². The van der Waals surface area contributed by atoms with Gasteiger partial charge in [-0.1, -0.05) is 12.1 Å². The zero-order valence-corrected chi connectivity index (χ0v) is 15.6. The summed E-state index contributed by atoms with van der Waals surface area (Å²) in [5.41, 5.74) is 1.82. The number of hydrogen-bond acceptors (Lipinski definition) is 5. The maximum Gasteiger partial charge on any atom is 0.161 e. The lowest BCUT2D eigenvalue weighted by Crippen LogP contribution is -2.28. The predicted octanol–water partition coefficient (Wildman–Crippen LogP) is 3.52. The Balaban J connectivity index is 1.39. The van der Waals surface area contributed by atoms with Crippen molar-refractivity contribution in [2.45, 2.75) is 26.0 Å². The molecule has 1 unspecified atom stereocenters. The van der Waals surface area contributed by atoms with E-state index >= 15 is 0 Å². The van der Waals surface area contributed by atoms with Gasteiger partial charge in [0.2, 0.25) is 0 Å². The average molecular weight is 359 g/mol. The number of thiophene rings is 1. The maximum atomic E-state index is 5.94. The van der Waals surface area contributed by atoms with Crippen molar-refractivity contribution in [1.82, 2.24) is 10.2 Å². The SMILES string of the molecule is COc1cc(CN2CCC3(CCNC3)C2)ccc1OCc1cccs1. The zero-order valence-electron chi connectivity index (χ0n) is 14.8. The van der Waals surface area contributed by atoms with Crippen molar-refractivity contribution in [3.8, 4) is 11.5 Å². The molecule has 2 aromatic rings. The molecule has 1 N–H and O–H groups in total. The van der Waals surface area contributed by atoms with Gasteiger partial charge in [-0.15, -0.1) is 11.3 Å². The number of nitrogens with zero attached hydrogens (tertiary/aromatic N) is 1. The molecular formula is C20H26N2O2S. The van der Waals surface area contributed by atoms with Crippen LogP contribution in [0, 0.1) is 5.41 Å². The van der Waals surface area contributed by atoms with Crippen LogP contribution in [0.25, 0.3) is 0 Å². The van der Waals surface area contributed by atoms with Gasteiger partial charge in [0.15, 0.2) is 11.5 Å². The summed E-state index contributed by atoms with van der Waals surface area (Å²) in [6, 6.07) is 10.5. The maximum absolute atomic E-state index is 5.94. The molecule has 25 heavy (non-hydrogen) atoms. The fourth-order valence-corrected chi connectivity index (χ4v) is 4.65. The molecule has 1 atom stereocenters. The van der Waals surface area contributed by atoms with Gasteiger partial charge in [0.25, 0.3) is 0 Å². The summed E-state index contributed by atoms with van der Waals surface area (Å²) in [6.45, 7) is 6.35. The summed E-state index contributed by atoms with van der Waals surface area (Å²) < 4.78 is 11.5. The third-order valence-electron chi connectivity index (χ3n) is 5.43. The minimum Gasteiger partial charge on any atom is -0.493 e. The molecule has 4 nitrogen and oxygen atoms in total. The minimum absolute atomic E-state index is 0.522. The standard InChI is InChI=1S/C20H26N2O2S/c1-23-19-11-16(4-5-18(19)24-13-17-3-2-10-25-17)12-22-9-7-20(15-22)6-8-21-14-20/h2-5,10-11,21H,6-9,12-15H2,1H3. The van der Waals surface area contributed by atoms with E-state index in [2.05, 4.69) is 33.8 Å². The van der Waals surface area contributed by atoms with Crippen LogP contribution in [0.4, 0.5) is 0 Å². The molecule has 0 aliphatic carbocycles. The van der Waals surface area contributed by atoms with E-state index in [9.17, 15) is 0 Å². The Morgan fingerprint density at radius 1 is 1.24 bits per heavy atom. The molecule has 2 saturated heterocycles. The molecular weight excluding hydrogens is 332 g/mol. The Kier molecular flexibility index (Phi) is 4.97.